The summed E-state index contributed by atoms with van der Waals surface area (Å²) in [4.78, 5) is 12.7. The van der Waals surface area contributed by atoms with Gasteiger partial charge in [-0.05, 0) is 37.7 Å². The topological polar surface area (TPSA) is 52.3 Å². The Morgan fingerprint density at radius 1 is 1.26 bits per heavy atom. The standard InChI is InChI=1S/C20H27NO2/c1-3-23-19(22)17-18(21)16-12-8-7-9-14(16)13-20(17,2)15-10-5-4-6-11-15/h7-9,12,15H,3-6,10-11,13,21H2,1-2H3. The van der Waals surface area contributed by atoms with E-state index in [1.165, 1.54) is 37.7 Å². The van der Waals surface area contributed by atoms with Crippen LogP contribution in [-0.2, 0) is 16.0 Å². The summed E-state index contributed by atoms with van der Waals surface area (Å²) < 4.78 is 5.38. The van der Waals surface area contributed by atoms with E-state index in [1.54, 1.807) is 0 Å². The molecule has 2 aliphatic carbocycles. The summed E-state index contributed by atoms with van der Waals surface area (Å²) in [6.45, 7) is 4.46. The second-order valence-electron chi connectivity index (χ2n) is 7.10. The van der Waals surface area contributed by atoms with Crippen LogP contribution in [0.2, 0.25) is 0 Å². The molecule has 3 heteroatoms. The summed E-state index contributed by atoms with van der Waals surface area (Å²) in [6, 6.07) is 8.20. The number of hydrogen-bond donors (Lipinski definition) is 1. The number of nitrogens with two attached hydrogens (primary N) is 1. The van der Waals surface area contributed by atoms with E-state index < -0.39 is 0 Å². The maximum absolute atomic E-state index is 12.7. The molecule has 0 radical (unpaired) electrons. The minimum atomic E-state index is -0.229. The molecule has 1 aromatic rings. The Balaban J connectivity index is 2.10. The molecular formula is C20H27NO2. The number of carbonyl (C=O) groups is 1. The fourth-order valence-corrected chi connectivity index (χ4v) is 4.50. The fraction of sp³-hybridized carbons (Fsp3) is 0.550. The van der Waals surface area contributed by atoms with Crippen LogP contribution in [0.15, 0.2) is 29.8 Å². The molecule has 0 bridgehead atoms. The highest BCUT2D eigenvalue weighted by Gasteiger charge is 2.46. The van der Waals surface area contributed by atoms with E-state index in [0.29, 0.717) is 23.8 Å². The molecular weight excluding hydrogens is 286 g/mol. The number of esters is 1. The van der Waals surface area contributed by atoms with Crippen LogP contribution in [-0.4, -0.2) is 12.6 Å². The summed E-state index contributed by atoms with van der Waals surface area (Å²) in [7, 11) is 0. The molecule has 1 saturated carbocycles. The molecule has 23 heavy (non-hydrogen) atoms. The zero-order valence-corrected chi connectivity index (χ0v) is 14.2. The summed E-state index contributed by atoms with van der Waals surface area (Å²) in [5.41, 5.74) is 9.86. The average molecular weight is 313 g/mol. The molecule has 1 aromatic carbocycles. The van der Waals surface area contributed by atoms with Crippen LogP contribution in [0.4, 0.5) is 0 Å². The SMILES string of the molecule is CCOC(=O)C1=C(N)c2ccccc2CC1(C)C1CCCCC1. The molecule has 1 unspecified atom stereocenters. The minimum absolute atomic E-state index is 0.217. The first-order chi connectivity index (χ1) is 11.1. The molecule has 0 amide bonds. The minimum Gasteiger partial charge on any atom is -0.463 e. The zero-order chi connectivity index (χ0) is 16.4. The highest BCUT2D eigenvalue weighted by molar-refractivity contribution is 5.99. The van der Waals surface area contributed by atoms with Crippen molar-refractivity contribution in [2.45, 2.75) is 52.4 Å². The third-order valence-corrected chi connectivity index (χ3v) is 5.69. The highest BCUT2D eigenvalue weighted by Crippen LogP contribution is 2.50. The number of rotatable bonds is 3. The van der Waals surface area contributed by atoms with Crippen molar-refractivity contribution in [1.82, 2.24) is 0 Å². The van der Waals surface area contributed by atoms with Gasteiger partial charge in [0.2, 0.25) is 0 Å². The number of ether oxygens (including phenoxy) is 1. The lowest BCUT2D eigenvalue weighted by Crippen LogP contribution is -2.41. The monoisotopic (exact) mass is 313 g/mol. The van der Waals surface area contributed by atoms with Gasteiger partial charge in [-0.2, -0.15) is 0 Å². The first-order valence-electron chi connectivity index (χ1n) is 8.83. The van der Waals surface area contributed by atoms with Gasteiger partial charge in [-0.15, -0.1) is 0 Å². The second-order valence-corrected chi connectivity index (χ2v) is 7.10. The quantitative estimate of drug-likeness (QED) is 0.856. The third kappa shape index (κ3) is 2.77. The van der Waals surface area contributed by atoms with Crippen molar-refractivity contribution in [2.24, 2.45) is 17.1 Å². The molecule has 1 atom stereocenters. The van der Waals surface area contributed by atoms with E-state index in [0.717, 1.165) is 12.0 Å². The Kier molecular flexibility index (Phi) is 4.47. The van der Waals surface area contributed by atoms with Gasteiger partial charge in [-0.3, -0.25) is 0 Å². The lowest BCUT2D eigenvalue weighted by molar-refractivity contribution is -0.140. The number of fused-ring (bicyclic) bond motifs is 1. The normalized spacial score (nSPS) is 25.1. The molecule has 3 rings (SSSR count). The van der Waals surface area contributed by atoms with Crippen LogP contribution >= 0.6 is 0 Å². The van der Waals surface area contributed by atoms with Gasteiger partial charge in [0.1, 0.15) is 0 Å². The van der Waals surface area contributed by atoms with Gasteiger partial charge in [0.15, 0.2) is 0 Å². The first-order valence-corrected chi connectivity index (χ1v) is 8.83. The average Bonchev–Trinajstić information content (AvgIpc) is 2.56. The van der Waals surface area contributed by atoms with Crippen molar-refractivity contribution in [3.8, 4) is 0 Å². The predicted octanol–water partition coefficient (Wildman–Crippen LogP) is 4.06. The Morgan fingerprint density at radius 2 is 1.96 bits per heavy atom. The molecule has 1 fully saturated rings. The van der Waals surface area contributed by atoms with E-state index in [4.69, 9.17) is 10.5 Å². The smallest absolute Gasteiger partial charge is 0.336 e. The Morgan fingerprint density at radius 3 is 2.65 bits per heavy atom. The Hall–Kier alpha value is -1.77. The van der Waals surface area contributed by atoms with Gasteiger partial charge >= 0.3 is 5.97 Å². The molecule has 2 aliphatic rings. The van der Waals surface area contributed by atoms with Crippen molar-refractivity contribution in [1.29, 1.82) is 0 Å². The van der Waals surface area contributed by atoms with Crippen molar-refractivity contribution in [2.75, 3.05) is 6.61 Å². The van der Waals surface area contributed by atoms with Crippen LogP contribution in [0.3, 0.4) is 0 Å². The molecule has 124 valence electrons. The van der Waals surface area contributed by atoms with Gasteiger partial charge in [-0.1, -0.05) is 50.5 Å². The van der Waals surface area contributed by atoms with E-state index in [9.17, 15) is 4.79 Å². The molecule has 0 saturated heterocycles. The molecule has 2 N–H and O–H groups in total. The van der Waals surface area contributed by atoms with Crippen molar-refractivity contribution in [3.05, 3.63) is 41.0 Å². The summed E-state index contributed by atoms with van der Waals surface area (Å²) in [5, 5.41) is 0. The second kappa shape index (κ2) is 6.38. The molecule has 0 heterocycles. The van der Waals surface area contributed by atoms with Crippen molar-refractivity contribution < 1.29 is 9.53 Å². The van der Waals surface area contributed by atoms with Crippen molar-refractivity contribution >= 4 is 11.7 Å². The van der Waals surface area contributed by atoms with Gasteiger partial charge in [0, 0.05) is 11.0 Å². The van der Waals surface area contributed by atoms with Crippen LogP contribution in [0.5, 0.6) is 0 Å². The first kappa shape index (κ1) is 16.1. The van der Waals surface area contributed by atoms with E-state index in [-0.39, 0.29) is 11.4 Å². The Labute approximate surface area is 138 Å². The van der Waals surface area contributed by atoms with Crippen molar-refractivity contribution in [3.63, 3.8) is 0 Å². The molecule has 0 aliphatic heterocycles. The lowest BCUT2D eigenvalue weighted by atomic mass is 9.60. The van der Waals surface area contributed by atoms with Crippen LogP contribution in [0.25, 0.3) is 5.70 Å². The lowest BCUT2D eigenvalue weighted by Gasteiger charge is -2.44. The summed E-state index contributed by atoms with van der Waals surface area (Å²) in [5.74, 6) is 0.273. The molecule has 3 nitrogen and oxygen atoms in total. The molecule has 0 spiro atoms. The van der Waals surface area contributed by atoms with Gasteiger partial charge < -0.3 is 10.5 Å². The number of hydrogen-bond acceptors (Lipinski definition) is 3. The van der Waals surface area contributed by atoms with Crippen LogP contribution < -0.4 is 5.73 Å². The largest absolute Gasteiger partial charge is 0.463 e. The molecule has 0 aromatic heterocycles. The Bertz CT molecular complexity index is 628. The summed E-state index contributed by atoms with van der Waals surface area (Å²) >= 11 is 0. The van der Waals surface area contributed by atoms with E-state index in [2.05, 4.69) is 19.1 Å². The predicted molar refractivity (Wildman–Crippen MR) is 92.6 cm³/mol. The fourth-order valence-electron chi connectivity index (χ4n) is 4.50. The van der Waals surface area contributed by atoms with Gasteiger partial charge in [0.05, 0.1) is 17.9 Å². The van der Waals surface area contributed by atoms with E-state index >= 15 is 0 Å². The maximum Gasteiger partial charge on any atom is 0.336 e. The maximum atomic E-state index is 12.7. The van der Waals surface area contributed by atoms with Crippen LogP contribution in [0, 0.1) is 11.3 Å². The summed E-state index contributed by atoms with van der Waals surface area (Å²) in [6.07, 6.45) is 7.03. The van der Waals surface area contributed by atoms with Gasteiger partial charge in [0.25, 0.3) is 0 Å². The third-order valence-electron chi connectivity index (χ3n) is 5.69. The van der Waals surface area contributed by atoms with E-state index in [1.807, 2.05) is 19.1 Å². The zero-order valence-electron chi connectivity index (χ0n) is 14.2. The number of benzene rings is 1. The highest BCUT2D eigenvalue weighted by atomic mass is 16.5. The van der Waals surface area contributed by atoms with Gasteiger partial charge in [-0.25, -0.2) is 4.79 Å². The van der Waals surface area contributed by atoms with Crippen LogP contribution in [0.1, 0.15) is 57.1 Å². The number of carbonyl (C=O) groups excluding carboxylic acids is 1.